The van der Waals surface area contributed by atoms with Gasteiger partial charge in [0, 0.05) is 35.5 Å². The molecule has 5 aromatic rings. The van der Waals surface area contributed by atoms with Crippen LogP contribution in [0.3, 0.4) is 0 Å². The zero-order valence-electron chi connectivity index (χ0n) is 37.5. The first-order valence-corrected chi connectivity index (χ1v) is 22.1. The molecule has 10 heteroatoms. The summed E-state index contributed by atoms with van der Waals surface area (Å²) >= 11 is 0. The molecule has 0 saturated carbocycles. The van der Waals surface area contributed by atoms with Crippen molar-refractivity contribution in [1.29, 1.82) is 0 Å². The van der Waals surface area contributed by atoms with Crippen molar-refractivity contribution in [2.75, 3.05) is 46.8 Å². The second-order valence-electron chi connectivity index (χ2n) is 14.9. The highest BCUT2D eigenvalue weighted by Gasteiger charge is 2.20. The summed E-state index contributed by atoms with van der Waals surface area (Å²) in [7, 11) is 1.20. The van der Waals surface area contributed by atoms with Crippen molar-refractivity contribution in [2.45, 2.75) is 51.4 Å². The van der Waals surface area contributed by atoms with Crippen LogP contribution in [0, 0.1) is 23.7 Å². The average Bonchev–Trinajstić information content (AvgIpc) is 3.35. The molecule has 0 aliphatic carbocycles. The van der Waals surface area contributed by atoms with Crippen molar-refractivity contribution >= 4 is 17.9 Å². The average molecular weight is 889 g/mol. The summed E-state index contributed by atoms with van der Waals surface area (Å²) in [6, 6.07) is 32.5. The molecule has 0 N–H and O–H groups in total. The van der Waals surface area contributed by atoms with E-state index in [4.69, 9.17) is 33.2 Å². The zero-order valence-corrected chi connectivity index (χ0v) is 37.5. The van der Waals surface area contributed by atoms with E-state index in [-0.39, 0.29) is 28.2 Å². The number of hydrogen-bond donors (Lipinski definition) is 0. The molecule has 0 radical (unpaired) electrons. The molecule has 10 nitrogen and oxygen atoms in total. The number of carbonyl (C=O) groups excluding carboxylic acids is 3. The number of hydrogen-bond acceptors (Lipinski definition) is 10. The standard InChI is InChI=1S/C56H56O10/c1-4-36-61-38-10-6-8-12-40-63-49-30-22-45(23-31-49)16-14-43-18-26-47(27-19-43)54(57)65-51-34-35-53(52(42-51)56(59)60-3)66-55(58)48-28-20-44(21-29-48)15-17-46-24-32-50(33-25-46)64-41-13-9-7-11-39-62-37-5-2/h4-5,18-35,42H,1-2,6-13,36-41H2,3H3. The zero-order chi connectivity index (χ0) is 46.6. The minimum absolute atomic E-state index is 0.0550. The first kappa shape index (κ1) is 49.6. The lowest BCUT2D eigenvalue weighted by atomic mass is 10.1. The summed E-state index contributed by atoms with van der Waals surface area (Å²) in [6.45, 7) is 11.3. The molecule has 340 valence electrons. The lowest BCUT2D eigenvalue weighted by Gasteiger charge is -2.11. The number of benzene rings is 5. The van der Waals surface area contributed by atoms with Gasteiger partial charge in [0.2, 0.25) is 0 Å². The molecule has 0 unspecified atom stereocenters. The van der Waals surface area contributed by atoms with Crippen LogP contribution in [-0.2, 0) is 14.2 Å². The Morgan fingerprint density at radius 1 is 0.455 bits per heavy atom. The van der Waals surface area contributed by atoms with E-state index in [9.17, 15) is 14.4 Å². The number of ether oxygens (including phenoxy) is 7. The van der Waals surface area contributed by atoms with Crippen LogP contribution in [0.5, 0.6) is 23.0 Å². The number of carbonyl (C=O) groups is 3. The van der Waals surface area contributed by atoms with Crippen LogP contribution in [0.2, 0.25) is 0 Å². The molecule has 0 saturated heterocycles. The van der Waals surface area contributed by atoms with Crippen molar-refractivity contribution in [3.63, 3.8) is 0 Å². The fourth-order valence-corrected chi connectivity index (χ4v) is 6.23. The van der Waals surface area contributed by atoms with Crippen molar-refractivity contribution in [3.8, 4) is 46.7 Å². The van der Waals surface area contributed by atoms with Gasteiger partial charge in [-0.25, -0.2) is 14.4 Å². The summed E-state index contributed by atoms with van der Waals surface area (Å²) < 4.78 is 38.6. The number of esters is 3. The van der Waals surface area contributed by atoms with Gasteiger partial charge in [-0.15, -0.1) is 13.2 Å². The molecule has 0 aliphatic rings. The molecule has 5 rings (SSSR count). The first-order chi connectivity index (χ1) is 32.3. The maximum Gasteiger partial charge on any atom is 0.343 e. The van der Waals surface area contributed by atoms with E-state index in [1.807, 2.05) is 48.5 Å². The van der Waals surface area contributed by atoms with E-state index in [1.54, 1.807) is 60.7 Å². The number of unbranched alkanes of at least 4 members (excludes halogenated alkanes) is 6. The van der Waals surface area contributed by atoms with Crippen LogP contribution < -0.4 is 18.9 Å². The number of methoxy groups -OCH3 is 1. The molecule has 0 spiro atoms. The van der Waals surface area contributed by atoms with E-state index >= 15 is 0 Å². The Labute approximate surface area is 388 Å². The maximum absolute atomic E-state index is 13.1. The second-order valence-corrected chi connectivity index (χ2v) is 14.9. The summed E-state index contributed by atoms with van der Waals surface area (Å²) in [5, 5.41) is 0. The highest BCUT2D eigenvalue weighted by atomic mass is 16.6. The van der Waals surface area contributed by atoms with E-state index in [1.165, 1.54) is 25.3 Å². The lowest BCUT2D eigenvalue weighted by molar-refractivity contribution is 0.0589. The van der Waals surface area contributed by atoms with Gasteiger partial charge < -0.3 is 33.2 Å². The quantitative estimate of drug-likeness (QED) is 0.0184. The molecular weight excluding hydrogens is 833 g/mol. The molecule has 0 heterocycles. The van der Waals surface area contributed by atoms with Crippen LogP contribution in [-0.4, -0.2) is 64.7 Å². The Morgan fingerprint density at radius 2 is 0.833 bits per heavy atom. The van der Waals surface area contributed by atoms with Crippen molar-refractivity contribution in [2.24, 2.45) is 0 Å². The molecular formula is C56H56O10. The van der Waals surface area contributed by atoms with Gasteiger partial charge in [0.05, 0.1) is 44.7 Å². The van der Waals surface area contributed by atoms with Crippen molar-refractivity contribution < 1.29 is 47.5 Å². The van der Waals surface area contributed by atoms with E-state index in [2.05, 4.69) is 36.8 Å². The Bertz CT molecular complexity index is 2450. The molecule has 66 heavy (non-hydrogen) atoms. The summed E-state index contributed by atoms with van der Waals surface area (Å²) in [6.07, 6.45) is 11.9. The molecule has 0 bridgehead atoms. The van der Waals surface area contributed by atoms with Crippen LogP contribution in [0.25, 0.3) is 0 Å². The van der Waals surface area contributed by atoms with Crippen LogP contribution in [0.1, 0.15) is 105 Å². The Kier molecular flexibility index (Phi) is 21.4. The van der Waals surface area contributed by atoms with Gasteiger partial charge in [0.1, 0.15) is 28.6 Å². The summed E-state index contributed by atoms with van der Waals surface area (Å²) in [5.74, 6) is 11.9. The van der Waals surface area contributed by atoms with Gasteiger partial charge in [-0.2, -0.15) is 0 Å². The SMILES string of the molecule is C=CCOCCCCCCOc1ccc(C#Cc2ccc(C(=O)Oc3ccc(OC(=O)c4ccc(C#Cc5ccc(OCCCCCCOCC=C)cc5)cc4)c(C(=O)OC)c3)cc2)cc1. The first-order valence-electron chi connectivity index (χ1n) is 22.1. The molecule has 0 aliphatic heterocycles. The van der Waals surface area contributed by atoms with Crippen molar-refractivity contribution in [1.82, 2.24) is 0 Å². The molecule has 0 atom stereocenters. The fraction of sp³-hybridized carbons (Fsp3) is 0.268. The normalized spacial score (nSPS) is 10.3. The Balaban J connectivity index is 1.07. The van der Waals surface area contributed by atoms with Gasteiger partial charge in [0.15, 0.2) is 0 Å². The molecule has 0 aromatic heterocycles. The topological polar surface area (TPSA) is 116 Å². The van der Waals surface area contributed by atoms with Crippen LogP contribution in [0.4, 0.5) is 0 Å². The molecule has 5 aromatic carbocycles. The third-order valence-electron chi connectivity index (χ3n) is 9.80. The summed E-state index contributed by atoms with van der Waals surface area (Å²) in [4.78, 5) is 39.0. The van der Waals surface area contributed by atoms with Gasteiger partial charge in [-0.3, -0.25) is 0 Å². The monoisotopic (exact) mass is 888 g/mol. The van der Waals surface area contributed by atoms with Crippen LogP contribution >= 0.6 is 0 Å². The predicted molar refractivity (Wildman–Crippen MR) is 255 cm³/mol. The minimum Gasteiger partial charge on any atom is -0.494 e. The highest BCUT2D eigenvalue weighted by Crippen LogP contribution is 2.27. The van der Waals surface area contributed by atoms with E-state index in [0.29, 0.717) is 37.6 Å². The Morgan fingerprint density at radius 3 is 1.24 bits per heavy atom. The lowest BCUT2D eigenvalue weighted by Crippen LogP contribution is -2.13. The molecule has 0 amide bonds. The number of rotatable bonds is 25. The minimum atomic E-state index is -0.782. The van der Waals surface area contributed by atoms with Crippen molar-refractivity contribution in [3.05, 3.63) is 180 Å². The third-order valence-corrected chi connectivity index (χ3v) is 9.80. The summed E-state index contributed by atoms with van der Waals surface area (Å²) in [5.41, 5.74) is 3.45. The van der Waals surface area contributed by atoms with Crippen LogP contribution in [0.15, 0.2) is 141 Å². The highest BCUT2D eigenvalue weighted by molar-refractivity contribution is 5.97. The van der Waals surface area contributed by atoms with Gasteiger partial charge >= 0.3 is 17.9 Å². The molecule has 0 fully saturated rings. The second kappa shape index (κ2) is 28.4. The van der Waals surface area contributed by atoms with Gasteiger partial charge in [-0.05, 0) is 154 Å². The smallest absolute Gasteiger partial charge is 0.343 e. The Hall–Kier alpha value is -7.37. The van der Waals surface area contributed by atoms with Gasteiger partial charge in [-0.1, -0.05) is 48.7 Å². The van der Waals surface area contributed by atoms with E-state index < -0.39 is 17.9 Å². The van der Waals surface area contributed by atoms with E-state index in [0.717, 1.165) is 87.2 Å². The van der Waals surface area contributed by atoms with Gasteiger partial charge in [0.25, 0.3) is 0 Å². The fourth-order valence-electron chi connectivity index (χ4n) is 6.23. The predicted octanol–water partition coefficient (Wildman–Crippen LogP) is 11.0. The largest absolute Gasteiger partial charge is 0.494 e. The maximum atomic E-state index is 13.1. The third kappa shape index (κ3) is 17.7.